The van der Waals surface area contributed by atoms with E-state index in [-0.39, 0.29) is 31.1 Å². The Bertz CT molecular complexity index is 2250. The quantitative estimate of drug-likeness (QED) is 0.0801. The summed E-state index contributed by atoms with van der Waals surface area (Å²) < 4.78 is 111. The van der Waals surface area contributed by atoms with Gasteiger partial charge in [0.25, 0.3) is 36.3 Å². The number of rotatable bonds is 14. The van der Waals surface area contributed by atoms with Gasteiger partial charge in [-0.25, -0.2) is 4.79 Å². The Morgan fingerprint density at radius 2 is 1.18 bits per heavy atom. The van der Waals surface area contributed by atoms with Crippen LogP contribution < -0.4 is 10.6 Å². The van der Waals surface area contributed by atoms with Crippen molar-refractivity contribution in [3.05, 3.63) is 78.4 Å². The molecule has 0 heterocycles. The molecule has 0 spiro atoms. The van der Waals surface area contributed by atoms with Crippen molar-refractivity contribution >= 4 is 70.3 Å². The number of ether oxygens (including phenoxy) is 2. The third-order valence-electron chi connectivity index (χ3n) is 6.59. The van der Waals surface area contributed by atoms with E-state index in [4.69, 9.17) is 14.6 Å². The van der Waals surface area contributed by atoms with Gasteiger partial charge in [-0.15, -0.1) is 0 Å². The zero-order valence-corrected chi connectivity index (χ0v) is 27.2. The van der Waals surface area contributed by atoms with Gasteiger partial charge >= 0.3 is 5.97 Å². The molecule has 2 amide bonds. The molecule has 17 nitrogen and oxygen atoms in total. The first-order valence-electron chi connectivity index (χ1n) is 13.6. The number of carboxylic acid groups (broad SMARTS) is 1. The molecule has 0 saturated heterocycles. The maximum absolute atomic E-state index is 13.2. The van der Waals surface area contributed by atoms with Gasteiger partial charge in [0.2, 0.25) is 5.91 Å². The van der Waals surface area contributed by atoms with Crippen molar-refractivity contribution in [1.29, 1.82) is 0 Å². The minimum atomic E-state index is -5.31. The highest BCUT2D eigenvalue weighted by Gasteiger charge is 2.27. The predicted molar refractivity (Wildman–Crippen MR) is 171 cm³/mol. The topological polar surface area (TPSA) is 277 Å². The highest BCUT2D eigenvalue weighted by molar-refractivity contribution is 7.87. The van der Waals surface area contributed by atoms with Gasteiger partial charge in [0, 0.05) is 22.0 Å². The van der Waals surface area contributed by atoms with Gasteiger partial charge in [-0.05, 0) is 59.7 Å². The Hall–Kier alpha value is -4.80. The Morgan fingerprint density at radius 3 is 1.71 bits per heavy atom. The number of carbonyl (C=O) groups is 3. The minimum absolute atomic E-state index is 0.00516. The van der Waals surface area contributed by atoms with E-state index >= 15 is 0 Å². The van der Waals surface area contributed by atoms with Crippen LogP contribution in [0, 0.1) is 0 Å². The van der Waals surface area contributed by atoms with E-state index < -0.39 is 80.2 Å². The number of fused-ring (bicyclic) bond motifs is 1. The molecule has 49 heavy (non-hydrogen) atoms. The zero-order valence-electron chi connectivity index (χ0n) is 24.8. The van der Waals surface area contributed by atoms with E-state index in [0.29, 0.717) is 28.9 Å². The summed E-state index contributed by atoms with van der Waals surface area (Å²) in [5.41, 5.74) is 1.44. The summed E-state index contributed by atoms with van der Waals surface area (Å²) in [6.07, 6.45) is 0. The number of carboxylic acids is 1. The summed E-state index contributed by atoms with van der Waals surface area (Å²) in [5, 5.41) is 12.1. The first kappa shape index (κ1) is 37.0. The highest BCUT2D eigenvalue weighted by atomic mass is 32.2. The molecule has 0 atom stereocenters. The monoisotopic (exact) mass is 738 g/mol. The van der Waals surface area contributed by atoms with Crippen molar-refractivity contribution in [2.24, 2.45) is 0 Å². The molecule has 0 radical (unpaired) electrons. The van der Waals surface area contributed by atoms with Crippen molar-refractivity contribution < 1.29 is 67.9 Å². The smallest absolute Gasteiger partial charge is 0.329 e. The van der Waals surface area contributed by atoms with Gasteiger partial charge in [-0.3, -0.25) is 23.2 Å². The summed E-state index contributed by atoms with van der Waals surface area (Å²) in [4.78, 5) is 32.4. The number of aliphatic carboxylic acids is 1. The normalized spacial score (nSPS) is 12.1. The van der Waals surface area contributed by atoms with E-state index in [1.807, 2.05) is 0 Å². The second-order valence-corrected chi connectivity index (χ2v) is 14.2. The predicted octanol–water partition coefficient (Wildman–Crippen LogP) is 2.56. The van der Waals surface area contributed by atoms with Crippen molar-refractivity contribution in [3.63, 3.8) is 0 Å². The van der Waals surface area contributed by atoms with Crippen molar-refractivity contribution in [2.45, 2.75) is 14.7 Å². The summed E-state index contributed by atoms with van der Waals surface area (Å²) in [7, 11) is -15.6. The molecular weight excluding hydrogens is 713 g/mol. The molecular formula is C29H26N2O15S3. The number of amides is 2. The molecule has 0 aliphatic heterocycles. The van der Waals surface area contributed by atoms with Gasteiger partial charge in [0.15, 0.2) is 0 Å². The van der Waals surface area contributed by atoms with Crippen LogP contribution in [0.5, 0.6) is 0 Å². The average Bonchev–Trinajstić information content (AvgIpc) is 3.01. The van der Waals surface area contributed by atoms with Crippen molar-refractivity contribution in [2.75, 3.05) is 37.1 Å². The van der Waals surface area contributed by atoms with Crippen LogP contribution in [0.25, 0.3) is 21.9 Å². The van der Waals surface area contributed by atoms with Gasteiger partial charge in [0.05, 0.1) is 23.8 Å². The van der Waals surface area contributed by atoms with Crippen LogP contribution >= 0.6 is 0 Å². The first-order chi connectivity index (χ1) is 22.8. The third-order valence-corrected chi connectivity index (χ3v) is 9.21. The number of hydrogen-bond acceptors (Lipinski definition) is 11. The fraction of sp³-hybridized carbons (Fsp3) is 0.138. The Labute approximate surface area is 278 Å². The lowest BCUT2D eigenvalue weighted by Crippen LogP contribution is -2.20. The van der Waals surface area contributed by atoms with Gasteiger partial charge < -0.3 is 25.2 Å². The molecule has 4 aromatic rings. The van der Waals surface area contributed by atoms with Crippen LogP contribution in [0.1, 0.15) is 10.4 Å². The molecule has 0 aliphatic rings. The van der Waals surface area contributed by atoms with Crippen LogP contribution in [0.2, 0.25) is 0 Å². The van der Waals surface area contributed by atoms with E-state index in [1.54, 1.807) is 36.4 Å². The maximum atomic E-state index is 13.2. The summed E-state index contributed by atoms with van der Waals surface area (Å²) >= 11 is 0. The first-order valence-corrected chi connectivity index (χ1v) is 17.9. The Balaban J connectivity index is 1.52. The highest BCUT2D eigenvalue weighted by Crippen LogP contribution is 2.37. The van der Waals surface area contributed by atoms with E-state index in [0.717, 1.165) is 12.1 Å². The van der Waals surface area contributed by atoms with Crippen LogP contribution in [-0.4, -0.2) is 88.2 Å². The van der Waals surface area contributed by atoms with Crippen molar-refractivity contribution in [3.8, 4) is 11.1 Å². The van der Waals surface area contributed by atoms with Gasteiger partial charge in [-0.1, -0.05) is 24.3 Å². The van der Waals surface area contributed by atoms with Gasteiger partial charge in [0.1, 0.15) is 23.0 Å². The van der Waals surface area contributed by atoms with Crippen LogP contribution in [0.3, 0.4) is 0 Å². The second-order valence-electron chi connectivity index (χ2n) is 10.0. The van der Waals surface area contributed by atoms with Crippen LogP contribution in [0.4, 0.5) is 11.4 Å². The molecule has 4 aromatic carbocycles. The molecule has 260 valence electrons. The third kappa shape index (κ3) is 9.64. The van der Waals surface area contributed by atoms with E-state index in [1.165, 1.54) is 12.1 Å². The van der Waals surface area contributed by atoms with Crippen molar-refractivity contribution in [1.82, 2.24) is 0 Å². The largest absolute Gasteiger partial charge is 0.480 e. The second kappa shape index (κ2) is 14.8. The van der Waals surface area contributed by atoms with Gasteiger partial charge in [-0.2, -0.15) is 25.3 Å². The summed E-state index contributed by atoms with van der Waals surface area (Å²) in [6, 6.07) is 15.2. The molecule has 0 aromatic heterocycles. The lowest BCUT2D eigenvalue weighted by atomic mass is 10.0. The lowest BCUT2D eigenvalue weighted by Gasteiger charge is -2.15. The Morgan fingerprint density at radius 1 is 0.633 bits per heavy atom. The summed E-state index contributed by atoms with van der Waals surface area (Å²) in [6.45, 7) is -0.735. The van der Waals surface area contributed by atoms with Crippen LogP contribution in [0.15, 0.2) is 87.5 Å². The minimum Gasteiger partial charge on any atom is -0.480 e. The molecule has 20 heteroatoms. The number of benzene rings is 4. The SMILES string of the molecule is O=C(O)COCCOCC(=O)Nc1ccc(-c2ccc(C(=O)Nc3ccc(S(=O)(=O)O)c4cc(S(=O)(=O)O)cc(S(=O)(=O)O)c34)cc2)cc1. The molecule has 4 rings (SSSR count). The lowest BCUT2D eigenvalue weighted by molar-refractivity contribution is -0.143. The number of anilines is 2. The van der Waals surface area contributed by atoms with Crippen LogP contribution in [-0.2, 0) is 49.4 Å². The summed E-state index contributed by atoms with van der Waals surface area (Å²) in [5.74, 6) is -2.41. The molecule has 0 saturated carbocycles. The fourth-order valence-electron chi connectivity index (χ4n) is 4.47. The Kier molecular flexibility index (Phi) is 11.2. The fourth-order valence-corrected chi connectivity index (χ4v) is 6.51. The number of carbonyl (C=O) groups excluding carboxylic acids is 2. The molecule has 0 bridgehead atoms. The molecule has 0 unspecified atom stereocenters. The van der Waals surface area contributed by atoms with E-state index in [2.05, 4.69) is 10.6 Å². The molecule has 0 aliphatic carbocycles. The number of nitrogens with one attached hydrogen (secondary N) is 2. The zero-order chi connectivity index (χ0) is 36.1. The maximum Gasteiger partial charge on any atom is 0.329 e. The van der Waals surface area contributed by atoms with E-state index in [9.17, 15) is 53.3 Å². The standard InChI is InChI=1S/C29H26N2O15S3/c32-26(15-45-11-12-46-16-27(33)34)30-20-7-5-18(6-8-20)17-1-3-19(4-2-17)29(35)31-23-9-10-24(48(39,40)41)22-13-21(47(36,37)38)14-25(28(22)23)49(42,43)44/h1-10,13-14H,11-12,15-16H2,(H,30,32)(H,31,35)(H,33,34)(H,36,37,38)(H,39,40,41)(H,42,43,44). The number of hydrogen-bond donors (Lipinski definition) is 6. The molecule has 0 fully saturated rings. The molecule has 6 N–H and O–H groups in total. The average molecular weight is 739 g/mol.